The van der Waals surface area contributed by atoms with Crippen LogP contribution in [0.4, 0.5) is 0 Å². The summed E-state index contributed by atoms with van der Waals surface area (Å²) in [6, 6.07) is 10.2. The van der Waals surface area contributed by atoms with Crippen molar-refractivity contribution >= 4 is 17.0 Å². The third-order valence-corrected chi connectivity index (χ3v) is 3.93. The quantitative estimate of drug-likeness (QED) is 0.777. The van der Waals surface area contributed by atoms with E-state index in [0.717, 1.165) is 29.9 Å². The number of hydrogen-bond acceptors (Lipinski definition) is 3. The van der Waals surface area contributed by atoms with Crippen molar-refractivity contribution in [1.82, 2.24) is 14.5 Å². The topological polar surface area (TPSA) is 56.7 Å². The highest BCUT2D eigenvalue weighted by molar-refractivity contribution is 5.81. The Morgan fingerprint density at radius 1 is 1.22 bits per heavy atom. The summed E-state index contributed by atoms with van der Waals surface area (Å²) in [5.41, 5.74) is 10.3. The molecule has 0 aliphatic carbocycles. The van der Waals surface area contributed by atoms with Gasteiger partial charge in [0.2, 0.25) is 0 Å². The van der Waals surface area contributed by atoms with Crippen molar-refractivity contribution in [2.45, 2.75) is 32.9 Å². The van der Waals surface area contributed by atoms with E-state index in [0.29, 0.717) is 0 Å². The van der Waals surface area contributed by atoms with E-state index in [9.17, 15) is 0 Å². The lowest BCUT2D eigenvalue weighted by atomic mass is 10.1. The lowest BCUT2D eigenvalue weighted by Crippen LogP contribution is -2.09. The molecule has 1 atom stereocenters. The molecule has 0 fully saturated rings. The van der Waals surface area contributed by atoms with Crippen LogP contribution in [0.3, 0.4) is 0 Å². The van der Waals surface area contributed by atoms with Crippen molar-refractivity contribution in [2.75, 3.05) is 0 Å². The standard InChI is InChI=1S/C19H22N4/c1-3-4-9-18-19(14(2)20)22-13-23(18)12-15-10-11-21-17-8-6-5-7-16(15)17/h4-11,13-14H,3,12,20H2,1-2H3/b9-4-. The molecule has 3 aromatic rings. The van der Waals surface area contributed by atoms with Gasteiger partial charge in [-0.3, -0.25) is 4.98 Å². The number of allylic oxidation sites excluding steroid dienone is 1. The van der Waals surface area contributed by atoms with Crippen LogP contribution in [0.5, 0.6) is 0 Å². The van der Waals surface area contributed by atoms with E-state index in [-0.39, 0.29) is 6.04 Å². The SMILES string of the molecule is CC/C=C\c1c(C(C)N)ncn1Cc1ccnc2ccccc12. The predicted molar refractivity (Wildman–Crippen MR) is 95.0 cm³/mol. The number of aromatic nitrogens is 3. The van der Waals surface area contributed by atoms with Crippen molar-refractivity contribution in [2.24, 2.45) is 5.73 Å². The average Bonchev–Trinajstić information content (AvgIpc) is 2.96. The van der Waals surface area contributed by atoms with E-state index >= 15 is 0 Å². The van der Waals surface area contributed by atoms with E-state index in [4.69, 9.17) is 5.73 Å². The average molecular weight is 306 g/mol. The Hall–Kier alpha value is -2.46. The molecule has 23 heavy (non-hydrogen) atoms. The fourth-order valence-corrected chi connectivity index (χ4v) is 2.77. The molecule has 118 valence electrons. The van der Waals surface area contributed by atoms with Gasteiger partial charge >= 0.3 is 0 Å². The van der Waals surface area contributed by atoms with Gasteiger partial charge in [-0.25, -0.2) is 4.98 Å². The van der Waals surface area contributed by atoms with Crippen LogP contribution in [0, 0.1) is 0 Å². The summed E-state index contributed by atoms with van der Waals surface area (Å²) in [5.74, 6) is 0. The van der Waals surface area contributed by atoms with Crippen molar-refractivity contribution in [3.63, 3.8) is 0 Å². The molecular weight excluding hydrogens is 284 g/mol. The Bertz CT molecular complexity index is 825. The second kappa shape index (κ2) is 6.75. The van der Waals surface area contributed by atoms with Crippen LogP contribution in [0.1, 0.15) is 43.3 Å². The summed E-state index contributed by atoms with van der Waals surface area (Å²) in [7, 11) is 0. The Labute approximate surface area is 136 Å². The van der Waals surface area contributed by atoms with E-state index in [1.807, 2.05) is 37.6 Å². The Balaban J connectivity index is 2.03. The number of nitrogens with zero attached hydrogens (tertiary/aromatic N) is 3. The third kappa shape index (κ3) is 3.17. The van der Waals surface area contributed by atoms with Crippen molar-refractivity contribution in [3.8, 4) is 0 Å². The molecule has 4 nitrogen and oxygen atoms in total. The maximum atomic E-state index is 6.06. The smallest absolute Gasteiger partial charge is 0.0958 e. The molecule has 1 unspecified atom stereocenters. The van der Waals surface area contributed by atoms with Crippen LogP contribution < -0.4 is 5.73 Å². The number of nitrogens with two attached hydrogens (primary N) is 1. The number of benzene rings is 1. The van der Waals surface area contributed by atoms with E-state index in [2.05, 4.69) is 45.7 Å². The molecule has 2 aromatic heterocycles. The maximum Gasteiger partial charge on any atom is 0.0958 e. The van der Waals surface area contributed by atoms with Gasteiger partial charge in [0.05, 0.1) is 23.2 Å². The molecule has 0 saturated carbocycles. The number of pyridine rings is 1. The molecule has 0 aliphatic heterocycles. The van der Waals surface area contributed by atoms with E-state index in [1.54, 1.807) is 0 Å². The molecule has 0 aliphatic rings. The highest BCUT2D eigenvalue weighted by Gasteiger charge is 2.13. The molecule has 1 aromatic carbocycles. The minimum absolute atomic E-state index is 0.0815. The summed E-state index contributed by atoms with van der Waals surface area (Å²) < 4.78 is 2.16. The zero-order valence-electron chi connectivity index (χ0n) is 13.6. The van der Waals surface area contributed by atoms with Crippen LogP contribution in [0.25, 0.3) is 17.0 Å². The predicted octanol–water partition coefficient (Wildman–Crippen LogP) is 3.92. The summed E-state index contributed by atoms with van der Waals surface area (Å²) in [6.45, 7) is 4.85. The van der Waals surface area contributed by atoms with Gasteiger partial charge in [0.15, 0.2) is 0 Å². The minimum Gasteiger partial charge on any atom is -0.326 e. The van der Waals surface area contributed by atoms with Crippen molar-refractivity contribution < 1.29 is 0 Å². The molecule has 0 spiro atoms. The first-order valence-electron chi connectivity index (χ1n) is 8.00. The lowest BCUT2D eigenvalue weighted by Gasteiger charge is -2.10. The van der Waals surface area contributed by atoms with Crippen LogP contribution in [-0.4, -0.2) is 14.5 Å². The third-order valence-electron chi connectivity index (χ3n) is 3.93. The number of para-hydroxylation sites is 1. The highest BCUT2D eigenvalue weighted by Crippen LogP contribution is 2.21. The zero-order chi connectivity index (χ0) is 16.2. The molecule has 4 heteroatoms. The first-order chi connectivity index (χ1) is 11.2. The van der Waals surface area contributed by atoms with Gasteiger partial charge < -0.3 is 10.3 Å². The Kier molecular flexibility index (Phi) is 4.53. The molecule has 0 amide bonds. The maximum absolute atomic E-state index is 6.06. The normalized spacial score (nSPS) is 13.0. The largest absolute Gasteiger partial charge is 0.326 e. The molecule has 0 radical (unpaired) electrons. The van der Waals surface area contributed by atoms with Crippen LogP contribution in [0.2, 0.25) is 0 Å². The van der Waals surface area contributed by atoms with E-state index < -0.39 is 0 Å². The fourth-order valence-electron chi connectivity index (χ4n) is 2.77. The van der Waals surface area contributed by atoms with Gasteiger partial charge in [-0.05, 0) is 37.1 Å². The summed E-state index contributed by atoms with van der Waals surface area (Å²) >= 11 is 0. The van der Waals surface area contributed by atoms with Gasteiger partial charge in [0.25, 0.3) is 0 Å². The number of imidazole rings is 1. The lowest BCUT2D eigenvalue weighted by molar-refractivity contribution is 0.768. The zero-order valence-corrected chi connectivity index (χ0v) is 13.6. The number of hydrogen-bond donors (Lipinski definition) is 1. The second-order valence-electron chi connectivity index (χ2n) is 5.73. The fraction of sp³-hybridized carbons (Fsp3) is 0.263. The van der Waals surface area contributed by atoms with Gasteiger partial charge in [-0.2, -0.15) is 0 Å². The summed E-state index contributed by atoms with van der Waals surface area (Å²) in [4.78, 5) is 8.95. The van der Waals surface area contributed by atoms with Crippen LogP contribution >= 0.6 is 0 Å². The molecule has 2 N–H and O–H groups in total. The molecule has 0 saturated heterocycles. The van der Waals surface area contributed by atoms with Crippen molar-refractivity contribution in [1.29, 1.82) is 0 Å². The van der Waals surface area contributed by atoms with Crippen LogP contribution in [0.15, 0.2) is 48.9 Å². The van der Waals surface area contributed by atoms with E-state index in [1.165, 1.54) is 10.9 Å². The molecule has 0 bridgehead atoms. The monoisotopic (exact) mass is 306 g/mol. The van der Waals surface area contributed by atoms with Crippen molar-refractivity contribution in [3.05, 3.63) is 65.9 Å². The van der Waals surface area contributed by atoms with Crippen LogP contribution in [-0.2, 0) is 6.54 Å². The molecule has 2 heterocycles. The first-order valence-corrected chi connectivity index (χ1v) is 8.00. The van der Waals surface area contributed by atoms with Gasteiger partial charge in [0, 0.05) is 24.2 Å². The molecular formula is C19H22N4. The minimum atomic E-state index is -0.0815. The second-order valence-corrected chi connectivity index (χ2v) is 5.73. The van der Waals surface area contributed by atoms with Gasteiger partial charge in [-0.1, -0.05) is 31.2 Å². The van der Waals surface area contributed by atoms with Gasteiger partial charge in [-0.15, -0.1) is 0 Å². The Morgan fingerprint density at radius 2 is 2.04 bits per heavy atom. The Morgan fingerprint density at radius 3 is 2.83 bits per heavy atom. The van der Waals surface area contributed by atoms with Gasteiger partial charge in [0.1, 0.15) is 0 Å². The summed E-state index contributed by atoms with van der Waals surface area (Å²) in [6.07, 6.45) is 8.99. The highest BCUT2D eigenvalue weighted by atomic mass is 15.1. The molecule has 3 rings (SSSR count). The number of rotatable bonds is 5. The first kappa shape index (κ1) is 15.4. The summed E-state index contributed by atoms with van der Waals surface area (Å²) in [5, 5.41) is 1.18. The number of fused-ring (bicyclic) bond motifs is 1.